The Bertz CT molecular complexity index is 725. The predicted octanol–water partition coefficient (Wildman–Crippen LogP) is 4.68. The van der Waals surface area contributed by atoms with Gasteiger partial charge < -0.3 is 19.7 Å². The summed E-state index contributed by atoms with van der Waals surface area (Å²) in [6.07, 6.45) is 0. The average Bonchev–Trinajstić information content (AvgIpc) is 2.59. The second kappa shape index (κ2) is 9.51. The Morgan fingerprint density at radius 2 is 1.80 bits per heavy atom. The third-order valence-electron chi connectivity index (χ3n) is 3.45. The van der Waals surface area contributed by atoms with E-state index < -0.39 is 0 Å². The Morgan fingerprint density at radius 1 is 1.08 bits per heavy atom. The topological polar surface area (TPSA) is 50.8 Å². The first-order valence-electron chi connectivity index (χ1n) is 7.68. The molecule has 0 fully saturated rings. The van der Waals surface area contributed by atoms with Gasteiger partial charge in [-0.25, -0.2) is 4.79 Å². The number of carbonyl (C=O) groups is 1. The van der Waals surface area contributed by atoms with Crippen molar-refractivity contribution in [2.24, 2.45) is 0 Å². The van der Waals surface area contributed by atoms with E-state index in [0.29, 0.717) is 41.2 Å². The van der Waals surface area contributed by atoms with Gasteiger partial charge in [0.2, 0.25) is 0 Å². The van der Waals surface area contributed by atoms with E-state index in [9.17, 15) is 4.79 Å². The number of urea groups is 1. The molecule has 2 aromatic rings. The normalized spacial score (nSPS) is 10.4. The summed E-state index contributed by atoms with van der Waals surface area (Å²) in [5.74, 6) is 0.417. The summed E-state index contributed by atoms with van der Waals surface area (Å²) in [7, 11) is 3.27. The Hall–Kier alpha value is -1.95. The van der Waals surface area contributed by atoms with E-state index in [0.717, 1.165) is 5.56 Å². The molecule has 0 aliphatic rings. The Kier molecular flexibility index (Phi) is 7.37. The van der Waals surface area contributed by atoms with Gasteiger partial charge in [0, 0.05) is 25.7 Å². The van der Waals surface area contributed by atoms with Crippen LogP contribution in [0.25, 0.3) is 0 Å². The summed E-state index contributed by atoms with van der Waals surface area (Å²) < 4.78 is 10.6. The van der Waals surface area contributed by atoms with E-state index in [2.05, 4.69) is 5.32 Å². The fraction of sp³-hybridized carbons (Fsp3) is 0.278. The minimum Gasteiger partial charge on any atom is -0.487 e. The minimum absolute atomic E-state index is 0.293. The number of ether oxygens (including phenoxy) is 2. The van der Waals surface area contributed by atoms with Crippen LogP contribution in [-0.4, -0.2) is 38.3 Å². The third-order valence-corrected chi connectivity index (χ3v) is 4.12. The molecule has 0 radical (unpaired) electrons. The highest BCUT2D eigenvalue weighted by Crippen LogP contribution is 2.33. The van der Waals surface area contributed by atoms with Gasteiger partial charge in [-0.2, -0.15) is 0 Å². The zero-order valence-electron chi connectivity index (χ0n) is 14.1. The summed E-state index contributed by atoms with van der Waals surface area (Å²) in [6.45, 7) is 1.13. The van der Waals surface area contributed by atoms with Crippen molar-refractivity contribution in [3.8, 4) is 5.75 Å². The Labute approximate surface area is 157 Å². The number of nitrogens with one attached hydrogen (secondary N) is 1. The van der Waals surface area contributed by atoms with Crippen LogP contribution in [0.4, 0.5) is 10.5 Å². The van der Waals surface area contributed by atoms with Gasteiger partial charge in [0.25, 0.3) is 0 Å². The van der Waals surface area contributed by atoms with Crippen LogP contribution in [0.5, 0.6) is 5.75 Å². The van der Waals surface area contributed by atoms with Crippen LogP contribution in [0.1, 0.15) is 5.56 Å². The van der Waals surface area contributed by atoms with E-state index in [1.54, 1.807) is 38.4 Å². The highest BCUT2D eigenvalue weighted by molar-refractivity contribution is 6.32. The lowest BCUT2D eigenvalue weighted by molar-refractivity contribution is 0.146. The predicted molar refractivity (Wildman–Crippen MR) is 101 cm³/mol. The number of para-hydroxylation sites is 1. The van der Waals surface area contributed by atoms with Gasteiger partial charge in [0.1, 0.15) is 6.61 Å². The number of hydrogen-bond donors (Lipinski definition) is 1. The van der Waals surface area contributed by atoms with Crippen molar-refractivity contribution >= 4 is 34.9 Å². The molecule has 0 atom stereocenters. The highest BCUT2D eigenvalue weighted by Gasteiger charge is 2.15. The van der Waals surface area contributed by atoms with Gasteiger partial charge in [-0.05, 0) is 23.8 Å². The van der Waals surface area contributed by atoms with Crippen LogP contribution in [0, 0.1) is 0 Å². The van der Waals surface area contributed by atoms with E-state index >= 15 is 0 Å². The fourth-order valence-electron chi connectivity index (χ4n) is 2.15. The second-order valence-electron chi connectivity index (χ2n) is 5.34. The van der Waals surface area contributed by atoms with Crippen LogP contribution >= 0.6 is 23.2 Å². The largest absolute Gasteiger partial charge is 0.487 e. The molecule has 0 aliphatic carbocycles. The monoisotopic (exact) mass is 382 g/mol. The standard InChI is InChI=1S/C18H20Cl2N2O3/c1-22(12-13-6-3-4-7-14(13)19)18(23)21-16-9-5-8-15(20)17(16)25-11-10-24-2/h3-9H,10-12H2,1-2H3,(H,21,23). The lowest BCUT2D eigenvalue weighted by Crippen LogP contribution is -2.31. The molecule has 1 N–H and O–H groups in total. The van der Waals surface area contributed by atoms with Gasteiger partial charge >= 0.3 is 6.03 Å². The van der Waals surface area contributed by atoms with Crippen LogP contribution in [0.3, 0.4) is 0 Å². The molecule has 25 heavy (non-hydrogen) atoms. The van der Waals surface area contributed by atoms with Crippen LogP contribution in [0.2, 0.25) is 10.0 Å². The summed E-state index contributed by atoms with van der Waals surface area (Å²) >= 11 is 12.3. The number of rotatable bonds is 7. The SMILES string of the molecule is COCCOc1c(Cl)cccc1NC(=O)N(C)Cc1ccccc1Cl. The maximum absolute atomic E-state index is 12.5. The van der Waals surface area contributed by atoms with Crippen molar-refractivity contribution < 1.29 is 14.3 Å². The molecule has 0 spiro atoms. The maximum atomic E-state index is 12.5. The molecule has 0 aliphatic heterocycles. The quantitative estimate of drug-likeness (QED) is 0.707. The first-order chi connectivity index (χ1) is 12.0. The lowest BCUT2D eigenvalue weighted by atomic mass is 10.2. The van der Waals surface area contributed by atoms with Crippen molar-refractivity contribution in [2.75, 3.05) is 32.7 Å². The Morgan fingerprint density at radius 3 is 2.52 bits per heavy atom. The van der Waals surface area contributed by atoms with Crippen molar-refractivity contribution in [3.05, 3.63) is 58.1 Å². The van der Waals surface area contributed by atoms with Crippen molar-refractivity contribution in [2.45, 2.75) is 6.54 Å². The van der Waals surface area contributed by atoms with Gasteiger partial charge in [-0.3, -0.25) is 0 Å². The molecule has 0 aromatic heterocycles. The molecule has 0 saturated heterocycles. The molecule has 0 saturated carbocycles. The first-order valence-corrected chi connectivity index (χ1v) is 8.44. The fourth-order valence-corrected chi connectivity index (χ4v) is 2.57. The number of halogens is 2. The van der Waals surface area contributed by atoms with Crippen LogP contribution in [0.15, 0.2) is 42.5 Å². The second-order valence-corrected chi connectivity index (χ2v) is 6.15. The number of benzene rings is 2. The molecule has 0 heterocycles. The van der Waals surface area contributed by atoms with E-state index in [4.69, 9.17) is 32.7 Å². The molecule has 2 amide bonds. The smallest absolute Gasteiger partial charge is 0.321 e. The molecule has 0 bridgehead atoms. The van der Waals surface area contributed by atoms with Gasteiger partial charge in [0.05, 0.1) is 17.3 Å². The Balaban J connectivity index is 2.06. The number of amides is 2. The summed E-state index contributed by atoms with van der Waals surface area (Å²) in [4.78, 5) is 14.0. The number of anilines is 1. The van der Waals surface area contributed by atoms with E-state index in [-0.39, 0.29) is 6.03 Å². The number of nitrogens with zero attached hydrogens (tertiary/aromatic N) is 1. The van der Waals surface area contributed by atoms with Crippen molar-refractivity contribution in [3.63, 3.8) is 0 Å². The van der Waals surface area contributed by atoms with Gasteiger partial charge in [0.15, 0.2) is 5.75 Å². The summed E-state index contributed by atoms with van der Waals surface area (Å²) in [5.41, 5.74) is 1.36. The molecular weight excluding hydrogens is 363 g/mol. The van der Waals surface area contributed by atoms with Crippen LogP contribution < -0.4 is 10.1 Å². The van der Waals surface area contributed by atoms with Crippen LogP contribution in [-0.2, 0) is 11.3 Å². The molecule has 2 rings (SSSR count). The highest BCUT2D eigenvalue weighted by atomic mass is 35.5. The van der Waals surface area contributed by atoms with Crippen molar-refractivity contribution in [1.29, 1.82) is 0 Å². The number of methoxy groups -OCH3 is 1. The minimum atomic E-state index is -0.293. The third kappa shape index (κ3) is 5.53. The zero-order valence-corrected chi connectivity index (χ0v) is 15.6. The molecule has 2 aromatic carbocycles. The molecular formula is C18H20Cl2N2O3. The molecule has 7 heteroatoms. The summed E-state index contributed by atoms with van der Waals surface area (Å²) in [5, 5.41) is 3.85. The molecule has 0 unspecified atom stereocenters. The molecule has 134 valence electrons. The zero-order chi connectivity index (χ0) is 18.2. The number of carbonyl (C=O) groups excluding carboxylic acids is 1. The summed E-state index contributed by atoms with van der Waals surface area (Å²) in [6, 6.07) is 12.3. The lowest BCUT2D eigenvalue weighted by Gasteiger charge is -2.20. The van der Waals surface area contributed by atoms with Gasteiger partial charge in [-0.15, -0.1) is 0 Å². The van der Waals surface area contributed by atoms with E-state index in [1.165, 1.54) is 4.90 Å². The number of hydrogen-bond acceptors (Lipinski definition) is 3. The molecule has 5 nitrogen and oxygen atoms in total. The van der Waals surface area contributed by atoms with E-state index in [1.807, 2.05) is 18.2 Å². The van der Waals surface area contributed by atoms with Gasteiger partial charge in [-0.1, -0.05) is 47.5 Å². The average molecular weight is 383 g/mol. The first kappa shape index (κ1) is 19.4. The maximum Gasteiger partial charge on any atom is 0.321 e. The van der Waals surface area contributed by atoms with Crippen molar-refractivity contribution in [1.82, 2.24) is 4.90 Å².